The number of nitrogens with zero attached hydrogens (tertiary/aromatic N) is 2. The van der Waals surface area contributed by atoms with E-state index in [9.17, 15) is 0 Å². The second-order valence-corrected chi connectivity index (χ2v) is 4.42. The van der Waals surface area contributed by atoms with Gasteiger partial charge in [-0.1, -0.05) is 25.5 Å². The Morgan fingerprint density at radius 1 is 1.47 bits per heavy atom. The van der Waals surface area contributed by atoms with Gasteiger partial charge in [0.15, 0.2) is 0 Å². The lowest BCUT2D eigenvalue weighted by Gasteiger charge is -2.29. The van der Waals surface area contributed by atoms with Crippen LogP contribution in [-0.2, 0) is 0 Å². The first-order valence-electron chi connectivity index (χ1n) is 5.30. The van der Waals surface area contributed by atoms with Crippen molar-refractivity contribution in [1.82, 2.24) is 0 Å². The van der Waals surface area contributed by atoms with Gasteiger partial charge in [-0.3, -0.25) is 0 Å². The van der Waals surface area contributed by atoms with E-state index >= 15 is 0 Å². The number of allylic oxidation sites excluding steroid dienone is 2. The first kappa shape index (κ1) is 11.8. The second-order valence-electron chi connectivity index (χ2n) is 4.42. The molecule has 1 rings (SSSR count). The van der Waals surface area contributed by atoms with Crippen LogP contribution in [0.5, 0.6) is 0 Å². The summed E-state index contributed by atoms with van der Waals surface area (Å²) in [5.74, 6) is 1.54. The van der Waals surface area contributed by atoms with Gasteiger partial charge in [0.25, 0.3) is 0 Å². The van der Waals surface area contributed by atoms with Gasteiger partial charge in [-0.25, -0.2) is 0 Å². The average Bonchev–Trinajstić information content (AvgIpc) is 2.08. The first-order chi connectivity index (χ1) is 7.00. The fourth-order valence-corrected chi connectivity index (χ4v) is 2.25. The van der Waals surface area contributed by atoms with Gasteiger partial charge in [0.2, 0.25) is 5.96 Å². The third-order valence-corrected chi connectivity index (χ3v) is 2.87. The van der Waals surface area contributed by atoms with E-state index in [1.165, 1.54) is 5.57 Å². The minimum absolute atomic E-state index is 0.00842. The first-order valence-corrected chi connectivity index (χ1v) is 5.30. The van der Waals surface area contributed by atoms with Gasteiger partial charge in [-0.05, 0) is 25.2 Å². The molecule has 0 bridgehead atoms. The molecular formula is C11H20N4. The largest absolute Gasteiger partial charge is 0.369 e. The molecule has 0 amide bonds. The van der Waals surface area contributed by atoms with E-state index in [1.807, 2.05) is 6.21 Å². The average molecular weight is 208 g/mol. The fraction of sp³-hybridized carbons (Fsp3) is 0.636. The van der Waals surface area contributed by atoms with Crippen LogP contribution in [0.3, 0.4) is 0 Å². The van der Waals surface area contributed by atoms with E-state index in [0.29, 0.717) is 17.8 Å². The zero-order valence-electron chi connectivity index (χ0n) is 9.64. The van der Waals surface area contributed by atoms with Crippen molar-refractivity contribution in [2.45, 2.75) is 27.2 Å². The quantitative estimate of drug-likeness (QED) is 0.312. The molecule has 3 atom stereocenters. The van der Waals surface area contributed by atoms with Crippen molar-refractivity contribution in [3.8, 4) is 0 Å². The monoisotopic (exact) mass is 208 g/mol. The molecule has 1 aliphatic rings. The number of nitrogens with two attached hydrogens (primary N) is 2. The summed E-state index contributed by atoms with van der Waals surface area (Å²) in [5.41, 5.74) is 11.9. The Morgan fingerprint density at radius 3 is 2.67 bits per heavy atom. The van der Waals surface area contributed by atoms with Crippen molar-refractivity contribution in [3.63, 3.8) is 0 Å². The summed E-state index contributed by atoms with van der Waals surface area (Å²) in [4.78, 5) is 0. The molecule has 0 aromatic carbocycles. The highest BCUT2D eigenvalue weighted by Crippen LogP contribution is 2.32. The Hall–Kier alpha value is -1.32. The molecule has 84 valence electrons. The SMILES string of the molecule is CC1=C[C@H](C)[C@H](/C=N\N=C(N)N)[C@@H](C)C1. The van der Waals surface area contributed by atoms with Crippen molar-refractivity contribution < 1.29 is 0 Å². The van der Waals surface area contributed by atoms with Gasteiger partial charge in [0, 0.05) is 12.1 Å². The van der Waals surface area contributed by atoms with Crippen LogP contribution in [0, 0.1) is 17.8 Å². The van der Waals surface area contributed by atoms with Crippen LogP contribution in [0.2, 0.25) is 0 Å². The van der Waals surface area contributed by atoms with Gasteiger partial charge in [0.05, 0.1) is 0 Å². The maximum atomic E-state index is 5.20. The van der Waals surface area contributed by atoms with E-state index in [2.05, 4.69) is 37.1 Å². The van der Waals surface area contributed by atoms with Crippen molar-refractivity contribution in [1.29, 1.82) is 0 Å². The lowest BCUT2D eigenvalue weighted by Crippen LogP contribution is -2.25. The smallest absolute Gasteiger partial charge is 0.211 e. The van der Waals surface area contributed by atoms with Crippen LogP contribution in [0.4, 0.5) is 0 Å². The van der Waals surface area contributed by atoms with Gasteiger partial charge < -0.3 is 11.5 Å². The number of hydrogen-bond donors (Lipinski definition) is 2. The molecule has 0 aliphatic heterocycles. The van der Waals surface area contributed by atoms with Crippen molar-refractivity contribution in [2.75, 3.05) is 0 Å². The van der Waals surface area contributed by atoms with Gasteiger partial charge in [-0.2, -0.15) is 5.10 Å². The third-order valence-electron chi connectivity index (χ3n) is 2.87. The molecule has 0 saturated heterocycles. The van der Waals surface area contributed by atoms with Crippen LogP contribution in [0.1, 0.15) is 27.2 Å². The molecular weight excluding hydrogens is 188 g/mol. The van der Waals surface area contributed by atoms with E-state index < -0.39 is 0 Å². The summed E-state index contributed by atoms with van der Waals surface area (Å²) in [5, 5.41) is 7.53. The molecule has 4 nitrogen and oxygen atoms in total. The molecule has 0 radical (unpaired) electrons. The maximum Gasteiger partial charge on any atom is 0.211 e. The molecule has 0 aromatic rings. The summed E-state index contributed by atoms with van der Waals surface area (Å²) in [7, 11) is 0. The van der Waals surface area contributed by atoms with E-state index in [-0.39, 0.29) is 5.96 Å². The highest BCUT2D eigenvalue weighted by molar-refractivity contribution is 5.76. The van der Waals surface area contributed by atoms with Gasteiger partial charge >= 0.3 is 0 Å². The molecule has 0 spiro atoms. The molecule has 1 aliphatic carbocycles. The third kappa shape index (κ3) is 3.38. The normalized spacial score (nSPS) is 31.4. The summed E-state index contributed by atoms with van der Waals surface area (Å²) in [6, 6.07) is 0. The van der Waals surface area contributed by atoms with Crippen LogP contribution in [0.15, 0.2) is 21.9 Å². The molecule has 0 unspecified atom stereocenters. The summed E-state index contributed by atoms with van der Waals surface area (Å²) >= 11 is 0. The second kappa shape index (κ2) is 4.96. The van der Waals surface area contributed by atoms with Crippen LogP contribution >= 0.6 is 0 Å². The zero-order chi connectivity index (χ0) is 11.4. The predicted molar refractivity (Wildman–Crippen MR) is 64.5 cm³/mol. The Kier molecular flexibility index (Phi) is 3.88. The molecule has 0 heterocycles. The predicted octanol–water partition coefficient (Wildman–Crippen LogP) is 1.48. The summed E-state index contributed by atoms with van der Waals surface area (Å²) < 4.78 is 0. The van der Waals surface area contributed by atoms with Gasteiger partial charge in [-0.15, -0.1) is 5.10 Å². The molecule has 4 N–H and O–H groups in total. The highest BCUT2D eigenvalue weighted by atomic mass is 15.3. The maximum absolute atomic E-state index is 5.20. The van der Waals surface area contributed by atoms with Crippen molar-refractivity contribution >= 4 is 12.2 Å². The zero-order valence-corrected chi connectivity index (χ0v) is 9.64. The Labute approximate surface area is 91.1 Å². The highest BCUT2D eigenvalue weighted by Gasteiger charge is 2.24. The summed E-state index contributed by atoms with van der Waals surface area (Å²) in [6.45, 7) is 6.61. The van der Waals surface area contributed by atoms with E-state index in [4.69, 9.17) is 11.5 Å². The Bertz CT molecular complexity index is 300. The van der Waals surface area contributed by atoms with E-state index in [1.54, 1.807) is 0 Å². The lowest BCUT2D eigenvalue weighted by molar-refractivity contribution is 0.362. The van der Waals surface area contributed by atoms with Crippen LogP contribution < -0.4 is 11.5 Å². The molecule has 0 fully saturated rings. The summed E-state index contributed by atoms with van der Waals surface area (Å²) in [6.07, 6.45) is 5.28. The lowest BCUT2D eigenvalue weighted by atomic mass is 9.76. The minimum Gasteiger partial charge on any atom is -0.369 e. The standard InChI is InChI=1S/C11H20N4/c1-7-4-8(2)10(9(3)5-7)6-14-15-11(12)13/h4,6,8-10H,5H2,1-3H3,(H4,12,13,15)/b14-6-/t8-,9-,10-/m0/s1. The van der Waals surface area contributed by atoms with Crippen molar-refractivity contribution in [2.24, 2.45) is 39.4 Å². The minimum atomic E-state index is 0.00842. The molecule has 15 heavy (non-hydrogen) atoms. The van der Waals surface area contributed by atoms with Gasteiger partial charge in [0.1, 0.15) is 0 Å². The Balaban J connectivity index is 2.70. The van der Waals surface area contributed by atoms with Crippen LogP contribution in [-0.4, -0.2) is 12.2 Å². The molecule has 4 heteroatoms. The fourth-order valence-electron chi connectivity index (χ4n) is 2.25. The number of guanidine groups is 1. The molecule has 0 saturated carbocycles. The van der Waals surface area contributed by atoms with Crippen LogP contribution in [0.25, 0.3) is 0 Å². The molecule has 0 aromatic heterocycles. The number of hydrogen-bond acceptors (Lipinski definition) is 2. The Morgan fingerprint density at radius 2 is 2.13 bits per heavy atom. The topological polar surface area (TPSA) is 76.8 Å². The van der Waals surface area contributed by atoms with E-state index in [0.717, 1.165) is 6.42 Å². The van der Waals surface area contributed by atoms with Crippen molar-refractivity contribution in [3.05, 3.63) is 11.6 Å². The number of rotatable bonds is 2.